The smallest absolute Gasteiger partial charge is 0.162 e. The number of rotatable bonds is 2. The molecule has 0 unspecified atom stereocenters. The Morgan fingerprint density at radius 2 is 1.94 bits per heavy atom. The number of ether oxygens (including phenoxy) is 2. The molecule has 0 bridgehead atoms. The third kappa shape index (κ3) is 2.22. The van der Waals surface area contributed by atoms with E-state index in [1.807, 2.05) is 30.3 Å². The summed E-state index contributed by atoms with van der Waals surface area (Å²) < 4.78 is 11.0. The van der Waals surface area contributed by atoms with Gasteiger partial charge in [0.2, 0.25) is 0 Å². The minimum atomic E-state index is 0.590. The summed E-state index contributed by atoms with van der Waals surface area (Å²) in [5, 5.41) is 0.800. The lowest BCUT2D eigenvalue weighted by atomic mass is 10.3. The third-order valence-electron chi connectivity index (χ3n) is 2.53. The van der Waals surface area contributed by atoms with Crippen LogP contribution in [0.1, 0.15) is 0 Å². The molecule has 0 saturated carbocycles. The van der Waals surface area contributed by atoms with E-state index in [0.717, 1.165) is 21.4 Å². The Labute approximate surface area is 109 Å². The first-order valence-electron chi connectivity index (χ1n) is 5.61. The minimum absolute atomic E-state index is 0.590. The van der Waals surface area contributed by atoms with E-state index in [-0.39, 0.29) is 0 Å². The lowest BCUT2D eigenvalue weighted by molar-refractivity contribution is 0.171. The zero-order chi connectivity index (χ0) is 12.4. The summed E-state index contributed by atoms with van der Waals surface area (Å²) in [6, 6.07) is 9.51. The van der Waals surface area contributed by atoms with Crippen LogP contribution in [0.15, 0.2) is 46.5 Å². The molecule has 3 rings (SSSR count). The van der Waals surface area contributed by atoms with Crippen molar-refractivity contribution in [3.8, 4) is 11.5 Å². The first kappa shape index (κ1) is 11.2. The van der Waals surface area contributed by atoms with Gasteiger partial charge in [-0.3, -0.25) is 0 Å². The number of nitrogen functional groups attached to an aromatic ring is 1. The average Bonchev–Trinajstić information content (AvgIpc) is 2.41. The Kier molecular flexibility index (Phi) is 2.98. The third-order valence-corrected chi connectivity index (χ3v) is 3.55. The van der Waals surface area contributed by atoms with E-state index in [1.54, 1.807) is 6.20 Å². The molecule has 0 atom stereocenters. The zero-order valence-electron chi connectivity index (χ0n) is 9.63. The normalized spacial score (nSPS) is 13.3. The van der Waals surface area contributed by atoms with Crippen LogP contribution in [0.25, 0.3) is 0 Å². The maximum absolute atomic E-state index is 5.87. The van der Waals surface area contributed by atoms with Crippen LogP contribution in [-0.2, 0) is 0 Å². The molecule has 0 radical (unpaired) electrons. The molecular weight excluding hydrogens is 248 g/mol. The van der Waals surface area contributed by atoms with E-state index >= 15 is 0 Å². The zero-order valence-corrected chi connectivity index (χ0v) is 10.4. The van der Waals surface area contributed by atoms with Crippen LogP contribution in [0.5, 0.6) is 11.5 Å². The Morgan fingerprint density at radius 3 is 2.78 bits per heavy atom. The molecule has 1 aliphatic heterocycles. The quantitative estimate of drug-likeness (QED) is 0.899. The van der Waals surface area contributed by atoms with E-state index in [9.17, 15) is 0 Å². The molecule has 2 aromatic rings. The van der Waals surface area contributed by atoms with Crippen molar-refractivity contribution in [1.29, 1.82) is 0 Å². The largest absolute Gasteiger partial charge is 0.486 e. The summed E-state index contributed by atoms with van der Waals surface area (Å²) >= 11 is 1.52. The Bertz CT molecular complexity index is 575. The van der Waals surface area contributed by atoms with Crippen LogP contribution >= 0.6 is 11.8 Å². The topological polar surface area (TPSA) is 57.4 Å². The predicted molar refractivity (Wildman–Crippen MR) is 70.2 cm³/mol. The van der Waals surface area contributed by atoms with Gasteiger partial charge in [0.15, 0.2) is 11.5 Å². The highest BCUT2D eigenvalue weighted by Gasteiger charge is 2.12. The van der Waals surface area contributed by atoms with E-state index in [4.69, 9.17) is 15.2 Å². The lowest BCUT2D eigenvalue weighted by Gasteiger charge is -2.18. The molecule has 0 aliphatic carbocycles. The fourth-order valence-corrected chi connectivity index (χ4v) is 2.51. The first-order valence-corrected chi connectivity index (χ1v) is 6.42. The van der Waals surface area contributed by atoms with Crippen LogP contribution in [0, 0.1) is 0 Å². The van der Waals surface area contributed by atoms with Crippen molar-refractivity contribution in [2.24, 2.45) is 0 Å². The van der Waals surface area contributed by atoms with Gasteiger partial charge in [-0.25, -0.2) is 4.98 Å². The van der Waals surface area contributed by atoms with Crippen LogP contribution < -0.4 is 15.2 Å². The number of anilines is 1. The monoisotopic (exact) mass is 260 g/mol. The molecule has 1 aromatic carbocycles. The van der Waals surface area contributed by atoms with Crippen molar-refractivity contribution in [3.05, 3.63) is 36.5 Å². The summed E-state index contributed by atoms with van der Waals surface area (Å²) in [5.74, 6) is 1.57. The Morgan fingerprint density at radius 1 is 1.11 bits per heavy atom. The van der Waals surface area contributed by atoms with Crippen molar-refractivity contribution in [2.75, 3.05) is 18.9 Å². The molecule has 2 N–H and O–H groups in total. The second-order valence-electron chi connectivity index (χ2n) is 3.81. The molecule has 0 saturated heterocycles. The standard InChI is InChI=1S/C13H12N2O2S/c14-10-2-1-5-15-13(10)18-9-3-4-11-12(8-9)17-7-6-16-11/h1-5,8H,6-7,14H2. The summed E-state index contributed by atoms with van der Waals surface area (Å²) in [6.45, 7) is 1.19. The van der Waals surface area contributed by atoms with Gasteiger partial charge >= 0.3 is 0 Å². The molecule has 2 heterocycles. The Hall–Kier alpha value is -1.88. The van der Waals surface area contributed by atoms with E-state index in [2.05, 4.69) is 4.98 Å². The molecule has 5 heteroatoms. The van der Waals surface area contributed by atoms with Gasteiger partial charge in [0.05, 0.1) is 5.69 Å². The number of pyridine rings is 1. The highest BCUT2D eigenvalue weighted by molar-refractivity contribution is 7.99. The van der Waals surface area contributed by atoms with Crippen LogP contribution in [0.3, 0.4) is 0 Å². The van der Waals surface area contributed by atoms with Gasteiger partial charge in [0.25, 0.3) is 0 Å². The van der Waals surface area contributed by atoms with Crippen molar-refractivity contribution in [3.63, 3.8) is 0 Å². The van der Waals surface area contributed by atoms with Gasteiger partial charge in [-0.1, -0.05) is 11.8 Å². The number of nitrogens with two attached hydrogens (primary N) is 1. The van der Waals surface area contributed by atoms with Crippen LogP contribution in [-0.4, -0.2) is 18.2 Å². The summed E-state index contributed by atoms with van der Waals surface area (Å²) in [4.78, 5) is 5.28. The summed E-state index contributed by atoms with van der Waals surface area (Å²) in [7, 11) is 0. The number of aromatic nitrogens is 1. The maximum Gasteiger partial charge on any atom is 0.162 e. The second-order valence-corrected chi connectivity index (χ2v) is 4.87. The highest BCUT2D eigenvalue weighted by Crippen LogP contribution is 2.37. The van der Waals surface area contributed by atoms with Gasteiger partial charge < -0.3 is 15.2 Å². The molecule has 0 spiro atoms. The SMILES string of the molecule is Nc1cccnc1Sc1ccc2c(c1)OCCO2. The number of benzene rings is 1. The van der Waals surface area contributed by atoms with Crippen molar-refractivity contribution >= 4 is 17.4 Å². The van der Waals surface area contributed by atoms with E-state index < -0.39 is 0 Å². The number of hydrogen-bond donors (Lipinski definition) is 1. The molecule has 18 heavy (non-hydrogen) atoms. The minimum Gasteiger partial charge on any atom is -0.486 e. The second kappa shape index (κ2) is 4.78. The van der Waals surface area contributed by atoms with Gasteiger partial charge in [-0.15, -0.1) is 0 Å². The van der Waals surface area contributed by atoms with Gasteiger partial charge in [0.1, 0.15) is 18.2 Å². The van der Waals surface area contributed by atoms with Gasteiger partial charge in [0, 0.05) is 11.1 Å². The average molecular weight is 260 g/mol. The van der Waals surface area contributed by atoms with Crippen molar-refractivity contribution in [2.45, 2.75) is 9.92 Å². The molecule has 1 aliphatic rings. The Balaban J connectivity index is 1.87. The van der Waals surface area contributed by atoms with E-state index in [1.165, 1.54) is 11.8 Å². The molecule has 92 valence electrons. The number of fused-ring (bicyclic) bond motifs is 1. The summed E-state index contributed by atoms with van der Waals surface area (Å²) in [5.41, 5.74) is 6.55. The maximum atomic E-state index is 5.87. The number of hydrogen-bond acceptors (Lipinski definition) is 5. The fourth-order valence-electron chi connectivity index (χ4n) is 1.69. The molecule has 0 fully saturated rings. The summed E-state index contributed by atoms with van der Waals surface area (Å²) in [6.07, 6.45) is 1.73. The van der Waals surface area contributed by atoms with E-state index in [0.29, 0.717) is 18.9 Å². The van der Waals surface area contributed by atoms with Crippen LogP contribution in [0.4, 0.5) is 5.69 Å². The lowest BCUT2D eigenvalue weighted by Crippen LogP contribution is -2.15. The fraction of sp³-hybridized carbons (Fsp3) is 0.154. The van der Waals surface area contributed by atoms with Gasteiger partial charge in [-0.05, 0) is 30.3 Å². The predicted octanol–water partition coefficient (Wildman–Crippen LogP) is 2.59. The van der Waals surface area contributed by atoms with Crippen molar-refractivity contribution < 1.29 is 9.47 Å². The molecule has 1 aromatic heterocycles. The molecule has 4 nitrogen and oxygen atoms in total. The first-order chi connectivity index (χ1) is 8.83. The molecule has 0 amide bonds. The van der Waals surface area contributed by atoms with Crippen LogP contribution in [0.2, 0.25) is 0 Å². The number of nitrogens with zero attached hydrogens (tertiary/aromatic N) is 1. The van der Waals surface area contributed by atoms with Gasteiger partial charge in [-0.2, -0.15) is 0 Å². The van der Waals surface area contributed by atoms with Crippen molar-refractivity contribution in [1.82, 2.24) is 4.98 Å². The highest BCUT2D eigenvalue weighted by atomic mass is 32.2. The molecular formula is C13H12N2O2S.